The molecule has 9 heteroatoms. The maximum absolute atomic E-state index is 12.2. The number of hydrogen-bond donors (Lipinski definition) is 0. The number of thioether (sulfide) groups is 1. The van der Waals surface area contributed by atoms with Gasteiger partial charge in [0, 0.05) is 11.5 Å². The normalized spacial score (nSPS) is 15.3. The number of hydrogen-bond acceptors (Lipinski definition) is 6. The minimum Gasteiger partial charge on any atom is -0.487 e. The van der Waals surface area contributed by atoms with Gasteiger partial charge in [-0.3, -0.25) is 14.5 Å². The number of aromatic nitrogens is 3. The van der Waals surface area contributed by atoms with Crippen molar-refractivity contribution in [1.29, 1.82) is 0 Å². The molecule has 1 fully saturated rings. The molecule has 1 aliphatic rings. The van der Waals surface area contributed by atoms with Gasteiger partial charge in [0.25, 0.3) is 11.1 Å². The van der Waals surface area contributed by atoms with Crippen LogP contribution in [-0.2, 0) is 11.4 Å². The molecule has 2 aromatic carbocycles. The van der Waals surface area contributed by atoms with Gasteiger partial charge >= 0.3 is 0 Å². The molecule has 0 radical (unpaired) electrons. The Morgan fingerprint density at radius 2 is 1.97 bits per heavy atom. The number of nitrogens with zero attached hydrogens (tertiary/aromatic N) is 4. The summed E-state index contributed by atoms with van der Waals surface area (Å²) >= 11 is 4.44. The fourth-order valence-corrected chi connectivity index (χ4v) is 4.24. The SMILES string of the molecule is Cc1cc(Br)c(/C=C2\SC(=O)N(C)C2=O)cc1OCc1cn(-c2ccccc2)nn1. The Labute approximate surface area is 185 Å². The first-order chi connectivity index (χ1) is 14.4. The minimum absolute atomic E-state index is 0.250. The Balaban J connectivity index is 1.53. The van der Waals surface area contributed by atoms with Gasteiger partial charge in [-0.15, -0.1) is 5.10 Å². The van der Waals surface area contributed by atoms with E-state index in [0.29, 0.717) is 16.3 Å². The number of benzene rings is 2. The molecule has 3 aromatic rings. The monoisotopic (exact) mass is 484 g/mol. The summed E-state index contributed by atoms with van der Waals surface area (Å²) in [4.78, 5) is 25.4. The number of halogens is 1. The average Bonchev–Trinajstić information content (AvgIpc) is 3.31. The third-order valence-corrected chi connectivity index (χ3v) is 6.15. The standard InChI is InChI=1S/C21H17BrN4O3S/c1-13-8-17(22)14(10-19-20(27)25(2)21(28)30-19)9-18(13)29-12-15-11-26(24-23-15)16-6-4-3-5-7-16/h3-11H,12H2,1-2H3/b19-10-. The second-order valence-electron chi connectivity index (χ2n) is 6.66. The Kier molecular flexibility index (Phi) is 5.74. The van der Waals surface area contributed by atoms with Crippen molar-refractivity contribution in [3.63, 3.8) is 0 Å². The fourth-order valence-electron chi connectivity index (χ4n) is 2.84. The van der Waals surface area contributed by atoms with Gasteiger partial charge in [-0.2, -0.15) is 0 Å². The van der Waals surface area contributed by atoms with Gasteiger partial charge in [0.15, 0.2) is 0 Å². The van der Waals surface area contributed by atoms with Crippen molar-refractivity contribution < 1.29 is 14.3 Å². The third kappa shape index (κ3) is 4.17. The van der Waals surface area contributed by atoms with Crippen LogP contribution in [-0.4, -0.2) is 38.1 Å². The Bertz CT molecular complexity index is 1160. The number of para-hydroxylation sites is 1. The molecule has 0 aliphatic carbocycles. The van der Waals surface area contributed by atoms with Crippen LogP contribution in [0.2, 0.25) is 0 Å². The van der Waals surface area contributed by atoms with E-state index in [2.05, 4.69) is 26.2 Å². The molecule has 0 atom stereocenters. The zero-order valence-electron chi connectivity index (χ0n) is 16.2. The van der Waals surface area contributed by atoms with E-state index >= 15 is 0 Å². The van der Waals surface area contributed by atoms with E-state index in [9.17, 15) is 9.59 Å². The summed E-state index contributed by atoms with van der Waals surface area (Å²) in [5.74, 6) is 0.354. The van der Waals surface area contributed by atoms with E-state index in [4.69, 9.17) is 4.74 Å². The second kappa shape index (κ2) is 8.45. The molecular weight excluding hydrogens is 468 g/mol. The van der Waals surface area contributed by atoms with Crippen LogP contribution >= 0.6 is 27.7 Å². The summed E-state index contributed by atoms with van der Waals surface area (Å²) < 4.78 is 8.47. The molecule has 7 nitrogen and oxygen atoms in total. The Morgan fingerprint density at radius 1 is 1.20 bits per heavy atom. The first-order valence-corrected chi connectivity index (χ1v) is 10.6. The van der Waals surface area contributed by atoms with Gasteiger partial charge in [0.1, 0.15) is 18.1 Å². The number of carbonyl (C=O) groups is 2. The van der Waals surface area contributed by atoms with Crippen molar-refractivity contribution in [3.05, 3.63) is 74.9 Å². The summed E-state index contributed by atoms with van der Waals surface area (Å²) in [5, 5.41) is 8.01. The van der Waals surface area contributed by atoms with Gasteiger partial charge in [-0.05, 0) is 60.2 Å². The van der Waals surface area contributed by atoms with Crippen LogP contribution < -0.4 is 4.74 Å². The quantitative estimate of drug-likeness (QED) is 0.493. The molecule has 0 unspecified atom stereocenters. The van der Waals surface area contributed by atoms with Gasteiger partial charge < -0.3 is 4.74 Å². The van der Waals surface area contributed by atoms with E-state index < -0.39 is 0 Å². The van der Waals surface area contributed by atoms with E-state index in [-0.39, 0.29) is 17.8 Å². The van der Waals surface area contributed by atoms with Crippen molar-refractivity contribution in [3.8, 4) is 11.4 Å². The molecule has 152 valence electrons. The number of ether oxygens (including phenoxy) is 1. The number of carbonyl (C=O) groups excluding carboxylic acids is 2. The second-order valence-corrected chi connectivity index (χ2v) is 8.51. The number of imide groups is 1. The fraction of sp³-hybridized carbons (Fsp3) is 0.143. The van der Waals surface area contributed by atoms with E-state index in [1.165, 1.54) is 7.05 Å². The van der Waals surface area contributed by atoms with Crippen LogP contribution in [0.4, 0.5) is 4.79 Å². The van der Waals surface area contributed by atoms with Crippen molar-refractivity contribution in [2.75, 3.05) is 7.05 Å². The summed E-state index contributed by atoms with van der Waals surface area (Å²) in [7, 11) is 1.47. The maximum atomic E-state index is 12.2. The highest BCUT2D eigenvalue weighted by Crippen LogP contribution is 2.35. The minimum atomic E-state index is -0.308. The summed E-state index contributed by atoms with van der Waals surface area (Å²) in [5.41, 5.74) is 3.29. The molecule has 30 heavy (non-hydrogen) atoms. The van der Waals surface area contributed by atoms with Gasteiger partial charge in [0.05, 0.1) is 16.8 Å². The third-order valence-electron chi connectivity index (χ3n) is 4.50. The lowest BCUT2D eigenvalue weighted by Gasteiger charge is -2.11. The molecule has 0 saturated carbocycles. The van der Waals surface area contributed by atoms with Crippen LogP contribution in [0.25, 0.3) is 11.8 Å². The van der Waals surface area contributed by atoms with Crippen LogP contribution in [0.3, 0.4) is 0 Å². The van der Waals surface area contributed by atoms with Gasteiger partial charge in [0.2, 0.25) is 0 Å². The number of likely N-dealkylation sites (N-methyl/N-ethyl adjacent to an activating group) is 1. The molecule has 4 rings (SSSR count). The first-order valence-electron chi connectivity index (χ1n) is 9.03. The van der Waals surface area contributed by atoms with Crippen molar-refractivity contribution in [2.45, 2.75) is 13.5 Å². The zero-order valence-corrected chi connectivity index (χ0v) is 18.6. The lowest BCUT2D eigenvalue weighted by Crippen LogP contribution is -2.22. The number of rotatable bonds is 5. The summed E-state index contributed by atoms with van der Waals surface area (Å²) in [6.07, 6.45) is 3.51. The number of aryl methyl sites for hydroxylation is 1. The molecule has 0 spiro atoms. The lowest BCUT2D eigenvalue weighted by atomic mass is 10.1. The molecular formula is C21H17BrN4O3S. The lowest BCUT2D eigenvalue weighted by molar-refractivity contribution is -0.121. The Hall–Kier alpha value is -2.91. The van der Waals surface area contributed by atoms with Crippen LogP contribution in [0, 0.1) is 6.92 Å². The van der Waals surface area contributed by atoms with E-state index in [1.807, 2.05) is 55.6 Å². The topological polar surface area (TPSA) is 77.3 Å². The first kappa shape index (κ1) is 20.4. The van der Waals surface area contributed by atoms with Gasteiger partial charge in [-0.25, -0.2) is 4.68 Å². The maximum Gasteiger partial charge on any atom is 0.293 e. The summed E-state index contributed by atoms with van der Waals surface area (Å²) in [6, 6.07) is 13.5. The van der Waals surface area contributed by atoms with Crippen LogP contribution in [0.5, 0.6) is 5.75 Å². The molecule has 0 N–H and O–H groups in total. The van der Waals surface area contributed by atoms with Crippen LogP contribution in [0.1, 0.15) is 16.8 Å². The van der Waals surface area contributed by atoms with Crippen molar-refractivity contribution in [1.82, 2.24) is 19.9 Å². The Morgan fingerprint density at radius 3 is 2.67 bits per heavy atom. The smallest absolute Gasteiger partial charge is 0.293 e. The highest BCUT2D eigenvalue weighted by molar-refractivity contribution is 9.10. The predicted octanol–water partition coefficient (Wildman–Crippen LogP) is 4.58. The largest absolute Gasteiger partial charge is 0.487 e. The zero-order chi connectivity index (χ0) is 21.3. The molecule has 2 heterocycles. The van der Waals surface area contributed by atoms with Crippen molar-refractivity contribution >= 4 is 44.9 Å². The molecule has 1 saturated heterocycles. The summed E-state index contributed by atoms with van der Waals surface area (Å²) in [6.45, 7) is 2.19. The number of amides is 2. The van der Waals surface area contributed by atoms with E-state index in [1.54, 1.807) is 10.8 Å². The molecule has 1 aromatic heterocycles. The predicted molar refractivity (Wildman–Crippen MR) is 118 cm³/mol. The highest BCUT2D eigenvalue weighted by Gasteiger charge is 2.32. The molecule has 1 aliphatic heterocycles. The molecule has 2 amide bonds. The van der Waals surface area contributed by atoms with Crippen molar-refractivity contribution in [2.24, 2.45) is 0 Å². The van der Waals surface area contributed by atoms with Crippen LogP contribution in [0.15, 0.2) is 58.0 Å². The van der Waals surface area contributed by atoms with E-state index in [0.717, 1.165) is 37.9 Å². The van der Waals surface area contributed by atoms with Gasteiger partial charge in [-0.1, -0.05) is 39.3 Å². The highest BCUT2D eigenvalue weighted by atomic mass is 79.9. The average molecular weight is 485 g/mol. The molecule has 0 bridgehead atoms.